The number of ether oxygens (including phenoxy) is 1. The SMILES string of the molecule is C[C@@H](NC(=O)CCc1ccc(OC(F)(F)F)cc1)c1nncn1C. The zero-order chi connectivity index (χ0) is 17.7. The van der Waals surface area contributed by atoms with Crippen molar-refractivity contribution in [2.75, 3.05) is 0 Å². The highest BCUT2D eigenvalue weighted by molar-refractivity contribution is 5.76. The van der Waals surface area contributed by atoms with E-state index in [1.54, 1.807) is 24.9 Å². The molecule has 0 unspecified atom stereocenters. The molecule has 6 nitrogen and oxygen atoms in total. The molecular weight excluding hydrogens is 325 g/mol. The van der Waals surface area contributed by atoms with Crippen molar-refractivity contribution in [1.29, 1.82) is 0 Å². The Labute approximate surface area is 136 Å². The maximum absolute atomic E-state index is 12.1. The van der Waals surface area contributed by atoms with Crippen LogP contribution in [0.1, 0.15) is 30.8 Å². The summed E-state index contributed by atoms with van der Waals surface area (Å²) in [7, 11) is 1.78. The number of aryl methyl sites for hydroxylation is 2. The Balaban J connectivity index is 1.82. The predicted octanol–water partition coefficient (Wildman–Crippen LogP) is 2.52. The van der Waals surface area contributed by atoms with Gasteiger partial charge >= 0.3 is 6.36 Å². The second kappa shape index (κ2) is 7.33. The van der Waals surface area contributed by atoms with E-state index >= 15 is 0 Å². The van der Waals surface area contributed by atoms with Crippen LogP contribution in [0.25, 0.3) is 0 Å². The zero-order valence-electron chi connectivity index (χ0n) is 13.2. The van der Waals surface area contributed by atoms with Crippen LogP contribution in [0.2, 0.25) is 0 Å². The summed E-state index contributed by atoms with van der Waals surface area (Å²) < 4.78 is 41.7. The summed E-state index contributed by atoms with van der Waals surface area (Å²) in [5.41, 5.74) is 0.742. The maximum atomic E-state index is 12.1. The molecule has 1 atom stereocenters. The van der Waals surface area contributed by atoms with Crippen LogP contribution in [0.15, 0.2) is 30.6 Å². The van der Waals surface area contributed by atoms with Gasteiger partial charge in [-0.25, -0.2) is 0 Å². The third-order valence-corrected chi connectivity index (χ3v) is 3.31. The van der Waals surface area contributed by atoms with E-state index < -0.39 is 6.36 Å². The minimum Gasteiger partial charge on any atom is -0.406 e. The Bertz CT molecular complexity index is 683. The Morgan fingerprint density at radius 3 is 2.54 bits per heavy atom. The van der Waals surface area contributed by atoms with E-state index in [1.807, 2.05) is 0 Å². The van der Waals surface area contributed by atoms with Gasteiger partial charge in [-0.2, -0.15) is 0 Å². The van der Waals surface area contributed by atoms with Gasteiger partial charge in [-0.1, -0.05) is 12.1 Å². The van der Waals surface area contributed by atoms with Gasteiger partial charge in [0, 0.05) is 13.5 Å². The van der Waals surface area contributed by atoms with Gasteiger partial charge in [0.2, 0.25) is 5.91 Å². The molecular formula is C15H17F3N4O2. The van der Waals surface area contributed by atoms with Crippen LogP contribution in [0.5, 0.6) is 5.75 Å². The van der Waals surface area contributed by atoms with E-state index in [4.69, 9.17) is 0 Å². The van der Waals surface area contributed by atoms with Crippen molar-refractivity contribution in [3.8, 4) is 5.75 Å². The van der Waals surface area contributed by atoms with Crippen LogP contribution in [0.3, 0.4) is 0 Å². The molecule has 1 heterocycles. The van der Waals surface area contributed by atoms with Gasteiger partial charge in [-0.05, 0) is 31.0 Å². The molecule has 2 aromatic rings. The van der Waals surface area contributed by atoms with Crippen LogP contribution in [-0.4, -0.2) is 27.0 Å². The van der Waals surface area contributed by atoms with E-state index in [0.29, 0.717) is 12.2 Å². The number of nitrogens with zero attached hydrogens (tertiary/aromatic N) is 3. The number of halogens is 3. The molecule has 0 aliphatic rings. The Hall–Kier alpha value is -2.58. The fraction of sp³-hybridized carbons (Fsp3) is 0.400. The molecule has 0 aliphatic carbocycles. The number of amides is 1. The largest absolute Gasteiger partial charge is 0.573 e. The third kappa shape index (κ3) is 5.25. The second-order valence-electron chi connectivity index (χ2n) is 5.28. The van der Waals surface area contributed by atoms with Crippen LogP contribution >= 0.6 is 0 Å². The number of alkyl halides is 3. The Morgan fingerprint density at radius 1 is 1.33 bits per heavy atom. The van der Waals surface area contributed by atoms with Crippen LogP contribution < -0.4 is 10.1 Å². The molecule has 0 spiro atoms. The molecule has 0 saturated carbocycles. The molecule has 1 N–H and O–H groups in total. The van der Waals surface area contributed by atoms with Gasteiger partial charge in [0.15, 0.2) is 5.82 Å². The van der Waals surface area contributed by atoms with E-state index in [0.717, 1.165) is 5.56 Å². The van der Waals surface area contributed by atoms with Gasteiger partial charge in [0.05, 0.1) is 6.04 Å². The van der Waals surface area contributed by atoms with Crippen molar-refractivity contribution in [3.63, 3.8) is 0 Å². The van der Waals surface area contributed by atoms with Crippen molar-refractivity contribution >= 4 is 5.91 Å². The quantitative estimate of drug-likeness (QED) is 0.876. The fourth-order valence-electron chi connectivity index (χ4n) is 2.18. The van der Waals surface area contributed by atoms with Crippen molar-refractivity contribution in [3.05, 3.63) is 42.0 Å². The average molecular weight is 342 g/mol. The van der Waals surface area contributed by atoms with Gasteiger partial charge < -0.3 is 14.6 Å². The monoisotopic (exact) mass is 342 g/mol. The minimum atomic E-state index is -4.71. The fourth-order valence-corrected chi connectivity index (χ4v) is 2.18. The van der Waals surface area contributed by atoms with Crippen molar-refractivity contribution in [2.45, 2.75) is 32.2 Å². The smallest absolute Gasteiger partial charge is 0.406 e. The normalized spacial score (nSPS) is 12.7. The molecule has 9 heteroatoms. The highest BCUT2D eigenvalue weighted by Gasteiger charge is 2.30. The highest BCUT2D eigenvalue weighted by Crippen LogP contribution is 2.23. The molecule has 130 valence electrons. The Morgan fingerprint density at radius 2 is 2.00 bits per heavy atom. The number of rotatable bonds is 6. The van der Waals surface area contributed by atoms with Crippen molar-refractivity contribution in [2.24, 2.45) is 7.05 Å². The average Bonchev–Trinajstić information content (AvgIpc) is 2.91. The lowest BCUT2D eigenvalue weighted by Crippen LogP contribution is -2.28. The highest BCUT2D eigenvalue weighted by atomic mass is 19.4. The number of carbonyl (C=O) groups excluding carboxylic acids is 1. The van der Waals surface area contributed by atoms with Crippen LogP contribution in [0, 0.1) is 0 Å². The molecule has 0 saturated heterocycles. The minimum absolute atomic E-state index is 0.180. The number of hydrogen-bond donors (Lipinski definition) is 1. The van der Waals surface area contributed by atoms with Gasteiger partial charge in [-0.15, -0.1) is 23.4 Å². The molecule has 0 aliphatic heterocycles. The third-order valence-electron chi connectivity index (χ3n) is 3.31. The lowest BCUT2D eigenvalue weighted by molar-refractivity contribution is -0.274. The van der Waals surface area contributed by atoms with Crippen molar-refractivity contribution in [1.82, 2.24) is 20.1 Å². The van der Waals surface area contributed by atoms with E-state index in [9.17, 15) is 18.0 Å². The number of carbonyl (C=O) groups is 1. The first-order valence-corrected chi connectivity index (χ1v) is 7.22. The number of nitrogens with one attached hydrogen (secondary N) is 1. The van der Waals surface area contributed by atoms with Crippen LogP contribution in [0.4, 0.5) is 13.2 Å². The standard InChI is InChI=1S/C15H17F3N4O2/c1-10(14-21-19-9-22(14)2)20-13(23)8-5-11-3-6-12(7-4-11)24-15(16,17)18/h3-4,6-7,9-10H,5,8H2,1-2H3,(H,20,23)/t10-/m1/s1. The number of aromatic nitrogens is 3. The summed E-state index contributed by atoms with van der Waals surface area (Å²) in [6, 6.07) is 5.17. The molecule has 2 rings (SSSR count). The van der Waals surface area contributed by atoms with Gasteiger partial charge in [-0.3, -0.25) is 4.79 Å². The number of hydrogen-bond acceptors (Lipinski definition) is 4. The summed E-state index contributed by atoms with van der Waals surface area (Å²) in [5, 5.41) is 10.5. The maximum Gasteiger partial charge on any atom is 0.573 e. The first-order chi connectivity index (χ1) is 11.2. The van der Waals surface area contributed by atoms with E-state index in [1.165, 1.54) is 24.3 Å². The topological polar surface area (TPSA) is 69.0 Å². The lowest BCUT2D eigenvalue weighted by Gasteiger charge is -2.13. The van der Waals surface area contributed by atoms with E-state index in [2.05, 4.69) is 20.3 Å². The first-order valence-electron chi connectivity index (χ1n) is 7.22. The molecule has 24 heavy (non-hydrogen) atoms. The lowest BCUT2D eigenvalue weighted by atomic mass is 10.1. The summed E-state index contributed by atoms with van der Waals surface area (Å²) in [6.45, 7) is 1.80. The molecule has 1 aromatic carbocycles. The summed E-state index contributed by atoms with van der Waals surface area (Å²) in [4.78, 5) is 11.9. The summed E-state index contributed by atoms with van der Waals surface area (Å²) >= 11 is 0. The van der Waals surface area contributed by atoms with Gasteiger partial charge in [0.25, 0.3) is 0 Å². The van der Waals surface area contributed by atoms with E-state index in [-0.39, 0.29) is 24.1 Å². The molecule has 0 bridgehead atoms. The predicted molar refractivity (Wildman–Crippen MR) is 79.0 cm³/mol. The number of benzene rings is 1. The molecule has 0 radical (unpaired) electrons. The summed E-state index contributed by atoms with van der Waals surface area (Å²) in [6.07, 6.45) is -2.55. The molecule has 1 amide bonds. The van der Waals surface area contributed by atoms with Gasteiger partial charge in [0.1, 0.15) is 12.1 Å². The summed E-state index contributed by atoms with van der Waals surface area (Å²) in [5.74, 6) is 0.171. The Kier molecular flexibility index (Phi) is 5.42. The second-order valence-corrected chi connectivity index (χ2v) is 5.28. The zero-order valence-corrected chi connectivity index (χ0v) is 13.2. The molecule has 1 aromatic heterocycles. The first kappa shape index (κ1) is 17.8. The van der Waals surface area contributed by atoms with Crippen LogP contribution in [-0.2, 0) is 18.3 Å². The molecule has 0 fully saturated rings. The van der Waals surface area contributed by atoms with Crippen molar-refractivity contribution < 1.29 is 22.7 Å².